The van der Waals surface area contributed by atoms with Crippen molar-refractivity contribution in [2.75, 3.05) is 18.5 Å². The molecular formula is C21H30N4O3S. The van der Waals surface area contributed by atoms with Gasteiger partial charge in [0.2, 0.25) is 0 Å². The summed E-state index contributed by atoms with van der Waals surface area (Å²) in [5.74, 6) is 0.905. The Morgan fingerprint density at radius 2 is 2.14 bits per heavy atom. The molecule has 1 aromatic carbocycles. The molecule has 7 nitrogen and oxygen atoms in total. The first-order valence-electron chi connectivity index (χ1n) is 10.3. The maximum absolute atomic E-state index is 12.8. The molecule has 2 atom stereocenters. The topological polar surface area (TPSA) is 88.9 Å². The zero-order chi connectivity index (χ0) is 20.8. The summed E-state index contributed by atoms with van der Waals surface area (Å²) >= 11 is 5.61. The van der Waals surface area contributed by atoms with Gasteiger partial charge in [-0.05, 0) is 64.4 Å². The molecular weight excluding hydrogens is 388 g/mol. The van der Waals surface area contributed by atoms with Crippen molar-refractivity contribution in [2.24, 2.45) is 5.73 Å². The summed E-state index contributed by atoms with van der Waals surface area (Å²) in [4.78, 5) is 14.7. The number of amides is 1. The summed E-state index contributed by atoms with van der Waals surface area (Å²) in [7, 11) is 0. The first-order valence-corrected chi connectivity index (χ1v) is 10.7. The molecule has 4 N–H and O–H groups in total. The Labute approximate surface area is 177 Å². The molecule has 1 saturated carbocycles. The van der Waals surface area contributed by atoms with Crippen LogP contribution in [0.25, 0.3) is 0 Å². The third-order valence-corrected chi connectivity index (χ3v) is 6.10. The average molecular weight is 419 g/mol. The molecule has 0 aromatic heterocycles. The van der Waals surface area contributed by atoms with Crippen LogP contribution in [0.3, 0.4) is 0 Å². The van der Waals surface area contributed by atoms with Gasteiger partial charge in [-0.25, -0.2) is 4.79 Å². The van der Waals surface area contributed by atoms with Gasteiger partial charge in [0.1, 0.15) is 11.4 Å². The largest absolute Gasteiger partial charge is 0.493 e. The number of likely N-dealkylation sites (tertiary alicyclic amines) is 1. The van der Waals surface area contributed by atoms with E-state index in [1.165, 1.54) is 0 Å². The van der Waals surface area contributed by atoms with Crippen LogP contribution in [0.4, 0.5) is 10.5 Å². The first kappa shape index (κ1) is 20.2. The number of fused-ring (bicyclic) bond motifs is 1. The summed E-state index contributed by atoms with van der Waals surface area (Å²) in [6.45, 7) is 6.96. The van der Waals surface area contributed by atoms with Crippen LogP contribution in [-0.4, -0.2) is 52.5 Å². The minimum absolute atomic E-state index is 0.0826. The van der Waals surface area contributed by atoms with Gasteiger partial charge in [0.25, 0.3) is 0 Å². The van der Waals surface area contributed by atoms with Crippen molar-refractivity contribution in [1.82, 2.24) is 10.2 Å². The summed E-state index contributed by atoms with van der Waals surface area (Å²) in [6, 6.07) is 5.73. The monoisotopic (exact) mass is 418 g/mol. The van der Waals surface area contributed by atoms with E-state index in [1.54, 1.807) is 0 Å². The van der Waals surface area contributed by atoms with Crippen LogP contribution in [0.15, 0.2) is 18.2 Å². The van der Waals surface area contributed by atoms with Crippen molar-refractivity contribution in [3.8, 4) is 5.75 Å². The highest BCUT2D eigenvalue weighted by atomic mass is 32.1. The van der Waals surface area contributed by atoms with Crippen LogP contribution in [0, 0.1) is 0 Å². The third-order valence-electron chi connectivity index (χ3n) is 5.88. The van der Waals surface area contributed by atoms with E-state index in [0.29, 0.717) is 24.7 Å². The molecule has 158 valence electrons. The standard InChI is InChI=1S/C21H30N4O3S/c1-20(2,3)28-19(26)25-11-7-14(22)17(21(25)9-10-21)24-18(29)23-15-5-4-6-16-13(15)8-12-27-16/h4-6,14,17H,7-12,22H2,1-3H3,(H2,23,24,29)/t14-,17-/m1/s1. The smallest absolute Gasteiger partial charge is 0.410 e. The van der Waals surface area contributed by atoms with Crippen molar-refractivity contribution in [3.63, 3.8) is 0 Å². The van der Waals surface area contributed by atoms with Gasteiger partial charge in [-0.3, -0.25) is 0 Å². The Bertz CT molecular complexity index is 819. The van der Waals surface area contributed by atoms with Gasteiger partial charge in [-0.1, -0.05) is 6.07 Å². The van der Waals surface area contributed by atoms with Crippen molar-refractivity contribution in [1.29, 1.82) is 0 Å². The SMILES string of the molecule is CC(C)(C)OC(=O)N1CC[C@@H](N)[C@@H](NC(=S)Nc2cccc3c2CCO3)C12CC2. The number of nitrogens with one attached hydrogen (secondary N) is 2. The molecule has 0 radical (unpaired) electrons. The van der Waals surface area contributed by atoms with E-state index >= 15 is 0 Å². The van der Waals surface area contributed by atoms with E-state index in [0.717, 1.165) is 36.3 Å². The molecule has 2 fully saturated rings. The van der Waals surface area contributed by atoms with Crippen LogP contribution in [0.1, 0.15) is 45.6 Å². The molecule has 1 spiro atoms. The first-order chi connectivity index (χ1) is 13.7. The molecule has 1 amide bonds. The number of nitrogens with two attached hydrogens (primary N) is 1. The predicted octanol–water partition coefficient (Wildman–Crippen LogP) is 2.78. The molecule has 4 rings (SSSR count). The zero-order valence-electron chi connectivity index (χ0n) is 17.3. The number of carbonyl (C=O) groups excluding carboxylic acids is 1. The van der Waals surface area contributed by atoms with Crippen LogP contribution >= 0.6 is 12.2 Å². The second-order valence-corrected chi connectivity index (χ2v) is 9.55. The maximum atomic E-state index is 12.8. The molecule has 8 heteroatoms. The normalized spacial score (nSPS) is 24.5. The van der Waals surface area contributed by atoms with Crippen molar-refractivity contribution >= 4 is 29.1 Å². The average Bonchev–Trinajstić information content (AvgIpc) is 3.23. The van der Waals surface area contributed by atoms with Crippen molar-refractivity contribution < 1.29 is 14.3 Å². The van der Waals surface area contributed by atoms with Gasteiger partial charge in [0, 0.05) is 30.3 Å². The number of benzene rings is 1. The van der Waals surface area contributed by atoms with Crippen LogP contribution in [0.5, 0.6) is 5.75 Å². The van der Waals surface area contributed by atoms with Crippen molar-refractivity contribution in [2.45, 2.75) is 69.7 Å². The predicted molar refractivity (Wildman–Crippen MR) is 116 cm³/mol. The van der Waals surface area contributed by atoms with Gasteiger partial charge in [0.15, 0.2) is 5.11 Å². The zero-order valence-corrected chi connectivity index (χ0v) is 18.1. The highest BCUT2D eigenvalue weighted by Gasteiger charge is 2.60. The van der Waals surface area contributed by atoms with Gasteiger partial charge in [-0.2, -0.15) is 0 Å². The van der Waals surface area contributed by atoms with E-state index in [1.807, 2.05) is 43.9 Å². The molecule has 1 aromatic rings. The minimum atomic E-state index is -0.526. The summed E-state index contributed by atoms with van der Waals surface area (Å²) in [5.41, 5.74) is 7.71. The number of anilines is 1. The lowest BCUT2D eigenvalue weighted by Crippen LogP contribution is -2.67. The fraction of sp³-hybridized carbons (Fsp3) is 0.619. The Hall–Kier alpha value is -2.06. The highest BCUT2D eigenvalue weighted by molar-refractivity contribution is 7.80. The van der Waals surface area contributed by atoms with Crippen LogP contribution < -0.4 is 21.1 Å². The molecule has 2 heterocycles. The maximum Gasteiger partial charge on any atom is 0.410 e. The number of rotatable bonds is 2. The van der Waals surface area contributed by atoms with E-state index in [4.69, 9.17) is 27.4 Å². The molecule has 2 aliphatic heterocycles. The number of thiocarbonyl (C=S) groups is 1. The molecule has 1 saturated heterocycles. The van der Waals surface area contributed by atoms with E-state index in [9.17, 15) is 4.79 Å². The minimum Gasteiger partial charge on any atom is -0.493 e. The second-order valence-electron chi connectivity index (χ2n) is 9.14. The highest BCUT2D eigenvalue weighted by Crippen LogP contribution is 2.48. The van der Waals surface area contributed by atoms with E-state index in [-0.39, 0.29) is 23.7 Å². The lowest BCUT2D eigenvalue weighted by molar-refractivity contribution is -0.00165. The summed E-state index contributed by atoms with van der Waals surface area (Å²) in [5, 5.41) is 7.24. The van der Waals surface area contributed by atoms with Gasteiger partial charge in [0.05, 0.1) is 18.2 Å². The van der Waals surface area contributed by atoms with Gasteiger partial charge < -0.3 is 30.7 Å². The molecule has 0 unspecified atom stereocenters. The Morgan fingerprint density at radius 3 is 2.83 bits per heavy atom. The fourth-order valence-corrected chi connectivity index (χ4v) is 4.65. The number of nitrogens with zero attached hydrogens (tertiary/aromatic N) is 1. The lowest BCUT2D eigenvalue weighted by Gasteiger charge is -2.45. The third kappa shape index (κ3) is 4.00. The molecule has 3 aliphatic rings. The molecule has 1 aliphatic carbocycles. The van der Waals surface area contributed by atoms with E-state index in [2.05, 4.69) is 10.6 Å². The lowest BCUT2D eigenvalue weighted by atomic mass is 9.89. The Kier molecular flexibility index (Phi) is 5.11. The summed E-state index contributed by atoms with van der Waals surface area (Å²) < 4.78 is 11.3. The Balaban J connectivity index is 1.47. The number of hydrogen-bond acceptors (Lipinski definition) is 5. The number of carbonyl (C=O) groups is 1. The quantitative estimate of drug-likeness (QED) is 0.637. The van der Waals surface area contributed by atoms with Gasteiger partial charge in [-0.15, -0.1) is 0 Å². The Morgan fingerprint density at radius 1 is 1.38 bits per heavy atom. The molecule has 29 heavy (non-hydrogen) atoms. The van der Waals surface area contributed by atoms with Crippen LogP contribution in [0.2, 0.25) is 0 Å². The molecule has 0 bridgehead atoms. The number of hydrogen-bond donors (Lipinski definition) is 3. The van der Waals surface area contributed by atoms with Crippen molar-refractivity contribution in [3.05, 3.63) is 23.8 Å². The van der Waals surface area contributed by atoms with E-state index < -0.39 is 5.60 Å². The second kappa shape index (κ2) is 7.32. The van der Waals surface area contributed by atoms with Crippen LogP contribution in [-0.2, 0) is 11.2 Å². The van der Waals surface area contributed by atoms with Gasteiger partial charge >= 0.3 is 6.09 Å². The summed E-state index contributed by atoms with van der Waals surface area (Å²) in [6.07, 6.45) is 3.09. The number of ether oxygens (including phenoxy) is 2. The fourth-order valence-electron chi connectivity index (χ4n) is 4.41. The number of piperidine rings is 1.